The van der Waals surface area contributed by atoms with Gasteiger partial charge >= 0.3 is 0 Å². The molecule has 0 aliphatic heterocycles. The normalized spacial score (nSPS) is 12.4. The van der Waals surface area contributed by atoms with Crippen LogP contribution in [0, 0.1) is 5.92 Å². The van der Waals surface area contributed by atoms with Gasteiger partial charge < -0.3 is 15.2 Å². The topological polar surface area (TPSA) is 58.6 Å². The van der Waals surface area contributed by atoms with Crippen molar-refractivity contribution in [1.82, 2.24) is 5.32 Å². The summed E-state index contributed by atoms with van der Waals surface area (Å²) in [6.07, 6.45) is -0.452. The van der Waals surface area contributed by atoms with E-state index in [9.17, 15) is 9.90 Å². The number of ether oxygens (including phenoxy) is 1. The maximum absolute atomic E-state index is 11.8. The third-order valence-electron chi connectivity index (χ3n) is 3.77. The lowest BCUT2D eigenvalue weighted by molar-refractivity contribution is -0.123. The van der Waals surface area contributed by atoms with Crippen LogP contribution in [0.2, 0.25) is 0 Å². The minimum Gasteiger partial charge on any atom is -0.497 e. The Morgan fingerprint density at radius 1 is 1.18 bits per heavy atom. The van der Waals surface area contributed by atoms with Crippen molar-refractivity contribution in [2.24, 2.45) is 5.92 Å². The van der Waals surface area contributed by atoms with Gasteiger partial charge in [-0.25, -0.2) is 0 Å². The molecule has 2 rings (SSSR count). The van der Waals surface area contributed by atoms with E-state index < -0.39 is 6.10 Å². The lowest BCUT2D eigenvalue weighted by Crippen LogP contribution is -2.29. The zero-order valence-electron chi connectivity index (χ0n) is 13.3. The summed E-state index contributed by atoms with van der Waals surface area (Å²) in [4.78, 5) is 11.8. The first-order valence-electron chi connectivity index (χ1n) is 7.51. The van der Waals surface area contributed by atoms with Gasteiger partial charge in [-0.05, 0) is 40.5 Å². The van der Waals surface area contributed by atoms with Gasteiger partial charge in [0.15, 0.2) is 0 Å². The summed E-state index contributed by atoms with van der Waals surface area (Å²) >= 11 is 0. The van der Waals surface area contributed by atoms with Gasteiger partial charge in [0.05, 0.1) is 19.6 Å². The predicted octanol–water partition coefficient (Wildman–Crippen LogP) is 2.87. The Morgan fingerprint density at radius 2 is 1.86 bits per heavy atom. The van der Waals surface area contributed by atoms with Crippen molar-refractivity contribution in [3.63, 3.8) is 0 Å². The first-order chi connectivity index (χ1) is 10.5. The Morgan fingerprint density at radius 3 is 2.55 bits per heavy atom. The molecule has 0 aromatic heterocycles. The fourth-order valence-corrected chi connectivity index (χ4v) is 2.21. The van der Waals surface area contributed by atoms with Crippen LogP contribution in [0.15, 0.2) is 36.4 Å². The van der Waals surface area contributed by atoms with E-state index in [0.717, 1.165) is 22.1 Å². The number of hydrogen-bond acceptors (Lipinski definition) is 3. The molecule has 2 N–H and O–H groups in total. The zero-order chi connectivity index (χ0) is 16.1. The summed E-state index contributed by atoms with van der Waals surface area (Å²) < 4.78 is 5.21. The van der Waals surface area contributed by atoms with Crippen molar-refractivity contribution in [3.05, 3.63) is 42.0 Å². The van der Waals surface area contributed by atoms with Crippen LogP contribution in [0.4, 0.5) is 0 Å². The maximum atomic E-state index is 11.8. The smallest absolute Gasteiger partial charge is 0.222 e. The minimum atomic E-state index is -0.593. The monoisotopic (exact) mass is 301 g/mol. The van der Waals surface area contributed by atoms with Gasteiger partial charge in [-0.1, -0.05) is 32.0 Å². The molecule has 0 fully saturated rings. The summed E-state index contributed by atoms with van der Waals surface area (Å²) in [6.45, 7) is 4.26. The summed E-state index contributed by atoms with van der Waals surface area (Å²) in [5.41, 5.74) is 1.03. The SMILES string of the molecule is COc1ccc2cc(CNC(=O)CC(O)C(C)C)ccc2c1. The first-order valence-corrected chi connectivity index (χ1v) is 7.51. The second-order valence-electron chi connectivity index (χ2n) is 5.84. The van der Waals surface area contributed by atoms with Crippen molar-refractivity contribution in [2.45, 2.75) is 32.9 Å². The van der Waals surface area contributed by atoms with E-state index in [2.05, 4.69) is 5.32 Å². The molecular formula is C18H23NO3. The minimum absolute atomic E-state index is 0.0846. The molecule has 0 radical (unpaired) electrons. The van der Waals surface area contributed by atoms with Crippen LogP contribution >= 0.6 is 0 Å². The molecular weight excluding hydrogens is 278 g/mol. The predicted molar refractivity (Wildman–Crippen MR) is 87.8 cm³/mol. The van der Waals surface area contributed by atoms with Gasteiger partial charge in [0.1, 0.15) is 5.75 Å². The summed E-state index contributed by atoms with van der Waals surface area (Å²) in [7, 11) is 1.65. The second-order valence-corrected chi connectivity index (χ2v) is 5.84. The van der Waals surface area contributed by atoms with Crippen LogP contribution in [-0.2, 0) is 11.3 Å². The van der Waals surface area contributed by atoms with E-state index in [4.69, 9.17) is 4.74 Å². The van der Waals surface area contributed by atoms with Gasteiger partial charge in [-0.2, -0.15) is 0 Å². The highest BCUT2D eigenvalue weighted by Crippen LogP contribution is 2.21. The first kappa shape index (κ1) is 16.3. The average Bonchev–Trinajstić information content (AvgIpc) is 2.52. The molecule has 0 spiro atoms. The van der Waals surface area contributed by atoms with Gasteiger partial charge in [-0.15, -0.1) is 0 Å². The van der Waals surface area contributed by atoms with Crippen molar-refractivity contribution in [1.29, 1.82) is 0 Å². The standard InChI is InChI=1S/C18H23NO3/c1-12(2)17(20)10-18(21)19-11-13-4-5-15-9-16(22-3)7-6-14(15)8-13/h4-9,12,17,20H,10-11H2,1-3H3,(H,19,21). The van der Waals surface area contributed by atoms with E-state index >= 15 is 0 Å². The highest BCUT2D eigenvalue weighted by atomic mass is 16.5. The molecule has 0 saturated carbocycles. The van der Waals surface area contributed by atoms with Crippen molar-refractivity contribution >= 4 is 16.7 Å². The number of fused-ring (bicyclic) bond motifs is 1. The van der Waals surface area contributed by atoms with Gasteiger partial charge in [0, 0.05) is 6.54 Å². The van der Waals surface area contributed by atoms with E-state index in [1.807, 2.05) is 50.2 Å². The fraction of sp³-hybridized carbons (Fsp3) is 0.389. The van der Waals surface area contributed by atoms with Crippen molar-refractivity contribution < 1.29 is 14.6 Å². The molecule has 1 atom stereocenters. The van der Waals surface area contributed by atoms with Crippen LogP contribution < -0.4 is 10.1 Å². The number of hydrogen-bond donors (Lipinski definition) is 2. The molecule has 0 bridgehead atoms. The third kappa shape index (κ3) is 4.21. The largest absolute Gasteiger partial charge is 0.497 e. The number of aliphatic hydroxyl groups excluding tert-OH is 1. The number of carbonyl (C=O) groups excluding carboxylic acids is 1. The average molecular weight is 301 g/mol. The van der Waals surface area contributed by atoms with Crippen LogP contribution in [0.5, 0.6) is 5.75 Å². The molecule has 4 nitrogen and oxygen atoms in total. The molecule has 2 aromatic carbocycles. The quantitative estimate of drug-likeness (QED) is 0.862. The zero-order valence-corrected chi connectivity index (χ0v) is 13.3. The Hall–Kier alpha value is -2.07. The fourth-order valence-electron chi connectivity index (χ4n) is 2.21. The van der Waals surface area contributed by atoms with Crippen LogP contribution in [0.25, 0.3) is 10.8 Å². The van der Waals surface area contributed by atoms with Crippen molar-refractivity contribution in [2.75, 3.05) is 7.11 Å². The number of methoxy groups -OCH3 is 1. The molecule has 0 aliphatic rings. The molecule has 118 valence electrons. The summed E-state index contributed by atoms with van der Waals surface area (Å²) in [5, 5.41) is 14.8. The molecule has 1 unspecified atom stereocenters. The lowest BCUT2D eigenvalue weighted by atomic mass is 10.0. The third-order valence-corrected chi connectivity index (χ3v) is 3.77. The number of carbonyl (C=O) groups is 1. The van der Waals surface area contributed by atoms with Gasteiger partial charge in [-0.3, -0.25) is 4.79 Å². The van der Waals surface area contributed by atoms with Gasteiger partial charge in [0.2, 0.25) is 5.91 Å². The highest BCUT2D eigenvalue weighted by molar-refractivity contribution is 5.84. The molecule has 1 amide bonds. The van der Waals surface area contributed by atoms with Gasteiger partial charge in [0.25, 0.3) is 0 Å². The number of amides is 1. The number of rotatable bonds is 6. The Balaban J connectivity index is 1.98. The highest BCUT2D eigenvalue weighted by Gasteiger charge is 2.13. The molecule has 22 heavy (non-hydrogen) atoms. The Bertz CT molecular complexity index is 652. The maximum Gasteiger partial charge on any atom is 0.222 e. The van der Waals surface area contributed by atoms with E-state index in [1.165, 1.54) is 0 Å². The molecule has 4 heteroatoms. The molecule has 2 aromatic rings. The lowest BCUT2D eigenvalue weighted by Gasteiger charge is -2.14. The van der Waals surface area contributed by atoms with Crippen LogP contribution in [0.1, 0.15) is 25.8 Å². The Kier molecular flexibility index (Phi) is 5.39. The number of aliphatic hydroxyl groups is 1. The van der Waals surface area contributed by atoms with E-state index in [1.54, 1.807) is 7.11 Å². The van der Waals surface area contributed by atoms with E-state index in [-0.39, 0.29) is 18.2 Å². The molecule has 0 aliphatic carbocycles. The second kappa shape index (κ2) is 7.27. The number of nitrogens with one attached hydrogen (secondary N) is 1. The van der Waals surface area contributed by atoms with Crippen molar-refractivity contribution in [3.8, 4) is 5.75 Å². The summed E-state index contributed by atoms with van der Waals surface area (Å²) in [5.74, 6) is 0.786. The van der Waals surface area contributed by atoms with Crippen LogP contribution in [-0.4, -0.2) is 24.2 Å². The molecule has 0 saturated heterocycles. The summed E-state index contributed by atoms with van der Waals surface area (Å²) in [6, 6.07) is 12.0. The molecule has 0 heterocycles. The number of benzene rings is 2. The van der Waals surface area contributed by atoms with Crippen LogP contribution in [0.3, 0.4) is 0 Å². The van der Waals surface area contributed by atoms with E-state index in [0.29, 0.717) is 6.54 Å². The Labute approximate surface area is 131 Å².